The molecule has 0 saturated carbocycles. The summed E-state index contributed by atoms with van der Waals surface area (Å²) in [4.78, 5) is 17.1. The fraction of sp³-hybridized carbons (Fsp3) is 0.0476. The van der Waals surface area contributed by atoms with E-state index in [-0.39, 0.29) is 5.56 Å². The number of hydrogen-bond acceptors (Lipinski definition) is 4. The number of amides is 1. The van der Waals surface area contributed by atoms with Gasteiger partial charge in [0.05, 0.1) is 28.6 Å². The smallest absolute Gasteiger partial charge is 0.258 e. The number of nitrogens with zero attached hydrogens (tertiary/aromatic N) is 1. The van der Waals surface area contributed by atoms with Crippen LogP contribution in [0.3, 0.4) is 0 Å². The molecule has 0 unspecified atom stereocenters. The van der Waals surface area contributed by atoms with Gasteiger partial charge in [0.15, 0.2) is 0 Å². The molecule has 1 amide bonds. The van der Waals surface area contributed by atoms with Crippen LogP contribution in [0.2, 0.25) is 0 Å². The first-order valence-corrected chi connectivity index (χ1v) is 9.07. The number of carbonyl (C=O) groups is 1. The standard InChI is InChI=1S/C21H15FN2O2S/c1-26-18-11-10-13(21-24-16-8-4-5-9-19(16)27-21)12-17(18)23-20(25)14-6-2-3-7-15(14)22/h2-12H,1H3,(H,23,25). The molecular formula is C21H15FN2O2S. The molecule has 4 rings (SSSR count). The van der Waals surface area contributed by atoms with Gasteiger partial charge in [0.25, 0.3) is 5.91 Å². The summed E-state index contributed by atoms with van der Waals surface area (Å²) in [5.74, 6) is -0.617. The number of anilines is 1. The Morgan fingerprint density at radius 3 is 2.63 bits per heavy atom. The van der Waals surface area contributed by atoms with E-state index in [1.165, 1.54) is 19.2 Å². The van der Waals surface area contributed by atoms with Crippen LogP contribution in [0.5, 0.6) is 5.75 Å². The molecule has 0 aliphatic rings. The van der Waals surface area contributed by atoms with Crippen molar-refractivity contribution in [3.05, 3.63) is 78.1 Å². The number of ether oxygens (including phenoxy) is 1. The number of methoxy groups -OCH3 is 1. The van der Waals surface area contributed by atoms with Gasteiger partial charge in [-0.05, 0) is 42.5 Å². The maximum absolute atomic E-state index is 13.9. The van der Waals surface area contributed by atoms with Crippen LogP contribution in [0, 0.1) is 5.82 Å². The van der Waals surface area contributed by atoms with Crippen LogP contribution in [-0.4, -0.2) is 18.0 Å². The molecule has 3 aromatic carbocycles. The molecule has 0 atom stereocenters. The fourth-order valence-electron chi connectivity index (χ4n) is 2.77. The van der Waals surface area contributed by atoms with Crippen LogP contribution in [0.4, 0.5) is 10.1 Å². The number of thiazole rings is 1. The van der Waals surface area contributed by atoms with Gasteiger partial charge >= 0.3 is 0 Å². The Labute approximate surface area is 159 Å². The third kappa shape index (κ3) is 3.39. The number of hydrogen-bond donors (Lipinski definition) is 1. The van der Waals surface area contributed by atoms with E-state index in [0.717, 1.165) is 20.8 Å². The summed E-state index contributed by atoms with van der Waals surface area (Å²) >= 11 is 1.57. The van der Waals surface area contributed by atoms with Gasteiger partial charge in [-0.3, -0.25) is 4.79 Å². The summed E-state index contributed by atoms with van der Waals surface area (Å²) in [6, 6.07) is 19.2. The predicted octanol–water partition coefficient (Wildman–Crippen LogP) is 5.36. The predicted molar refractivity (Wildman–Crippen MR) is 106 cm³/mol. The molecule has 0 saturated heterocycles. The number of carbonyl (C=O) groups excluding carboxylic acids is 1. The van der Waals surface area contributed by atoms with Crippen LogP contribution < -0.4 is 10.1 Å². The quantitative estimate of drug-likeness (QED) is 0.520. The SMILES string of the molecule is COc1ccc(-c2nc3ccccc3s2)cc1NC(=O)c1ccccc1F. The molecule has 4 nitrogen and oxygen atoms in total. The van der Waals surface area contributed by atoms with Crippen LogP contribution in [-0.2, 0) is 0 Å². The summed E-state index contributed by atoms with van der Waals surface area (Å²) in [5, 5.41) is 3.57. The van der Waals surface area contributed by atoms with Crippen molar-refractivity contribution in [1.29, 1.82) is 0 Å². The summed E-state index contributed by atoms with van der Waals surface area (Å²) in [7, 11) is 1.52. The fourth-order valence-corrected chi connectivity index (χ4v) is 3.73. The highest BCUT2D eigenvalue weighted by atomic mass is 32.1. The lowest BCUT2D eigenvalue weighted by Gasteiger charge is -2.12. The van der Waals surface area contributed by atoms with Crippen LogP contribution in [0.1, 0.15) is 10.4 Å². The van der Waals surface area contributed by atoms with Gasteiger partial charge in [-0.25, -0.2) is 9.37 Å². The molecule has 6 heteroatoms. The number of benzene rings is 3. The average Bonchev–Trinajstić information content (AvgIpc) is 3.12. The lowest BCUT2D eigenvalue weighted by Crippen LogP contribution is -2.14. The second kappa shape index (κ2) is 7.17. The number of fused-ring (bicyclic) bond motifs is 1. The molecule has 27 heavy (non-hydrogen) atoms. The number of nitrogens with one attached hydrogen (secondary N) is 1. The van der Waals surface area contributed by atoms with Gasteiger partial charge in [-0.2, -0.15) is 0 Å². The van der Waals surface area contributed by atoms with Crippen molar-refractivity contribution in [1.82, 2.24) is 4.98 Å². The lowest BCUT2D eigenvalue weighted by molar-refractivity contribution is 0.102. The lowest BCUT2D eigenvalue weighted by atomic mass is 10.1. The van der Waals surface area contributed by atoms with Crippen LogP contribution >= 0.6 is 11.3 Å². The molecule has 1 aromatic heterocycles. The Morgan fingerprint density at radius 1 is 1.07 bits per heavy atom. The summed E-state index contributed by atoms with van der Waals surface area (Å²) in [5.41, 5.74) is 2.21. The Morgan fingerprint density at radius 2 is 1.85 bits per heavy atom. The molecule has 1 N–H and O–H groups in total. The zero-order valence-corrected chi connectivity index (χ0v) is 15.2. The zero-order chi connectivity index (χ0) is 18.8. The first-order chi connectivity index (χ1) is 13.2. The maximum Gasteiger partial charge on any atom is 0.258 e. The van der Waals surface area contributed by atoms with Gasteiger partial charge in [0.2, 0.25) is 0 Å². The third-order valence-corrected chi connectivity index (χ3v) is 5.19. The van der Waals surface area contributed by atoms with E-state index in [4.69, 9.17) is 4.74 Å². The van der Waals surface area contributed by atoms with E-state index in [9.17, 15) is 9.18 Å². The Bertz CT molecular complexity index is 1110. The first-order valence-electron chi connectivity index (χ1n) is 8.25. The largest absolute Gasteiger partial charge is 0.495 e. The molecule has 0 spiro atoms. The first kappa shape index (κ1) is 17.2. The van der Waals surface area contributed by atoms with Crippen molar-refractivity contribution >= 4 is 33.1 Å². The molecule has 0 fully saturated rings. The third-order valence-electron chi connectivity index (χ3n) is 4.11. The molecule has 0 aliphatic carbocycles. The van der Waals surface area contributed by atoms with E-state index in [1.807, 2.05) is 30.3 Å². The van der Waals surface area contributed by atoms with Gasteiger partial charge in [0.1, 0.15) is 16.6 Å². The summed E-state index contributed by atoms with van der Waals surface area (Å²) in [6.45, 7) is 0. The molecule has 4 aromatic rings. The molecule has 0 aliphatic heterocycles. The average molecular weight is 378 g/mol. The monoisotopic (exact) mass is 378 g/mol. The van der Waals surface area contributed by atoms with Crippen molar-refractivity contribution in [3.63, 3.8) is 0 Å². The van der Waals surface area contributed by atoms with Crippen molar-refractivity contribution in [2.24, 2.45) is 0 Å². The van der Waals surface area contributed by atoms with Crippen molar-refractivity contribution in [3.8, 4) is 16.3 Å². The second-order valence-electron chi connectivity index (χ2n) is 5.84. The number of halogens is 1. The molecule has 134 valence electrons. The zero-order valence-electron chi connectivity index (χ0n) is 14.4. The van der Waals surface area contributed by atoms with E-state index in [1.54, 1.807) is 35.6 Å². The molecule has 0 radical (unpaired) electrons. The van der Waals surface area contributed by atoms with E-state index in [0.29, 0.717) is 11.4 Å². The maximum atomic E-state index is 13.9. The minimum atomic E-state index is -0.573. The van der Waals surface area contributed by atoms with E-state index >= 15 is 0 Å². The van der Waals surface area contributed by atoms with Crippen molar-refractivity contribution in [2.75, 3.05) is 12.4 Å². The number of para-hydroxylation sites is 1. The molecule has 0 bridgehead atoms. The van der Waals surface area contributed by atoms with Crippen molar-refractivity contribution in [2.45, 2.75) is 0 Å². The molecular weight excluding hydrogens is 363 g/mol. The highest BCUT2D eigenvalue weighted by molar-refractivity contribution is 7.21. The van der Waals surface area contributed by atoms with Gasteiger partial charge < -0.3 is 10.1 Å². The topological polar surface area (TPSA) is 51.2 Å². The normalized spacial score (nSPS) is 10.7. The van der Waals surface area contributed by atoms with E-state index < -0.39 is 11.7 Å². The summed E-state index contributed by atoms with van der Waals surface area (Å²) in [6.07, 6.45) is 0. The number of rotatable bonds is 4. The number of aromatic nitrogens is 1. The van der Waals surface area contributed by atoms with Crippen LogP contribution in [0.15, 0.2) is 66.7 Å². The molecule has 1 heterocycles. The minimum absolute atomic E-state index is 0.0232. The highest BCUT2D eigenvalue weighted by Crippen LogP contribution is 2.35. The minimum Gasteiger partial charge on any atom is -0.495 e. The Hall–Kier alpha value is -3.25. The van der Waals surface area contributed by atoms with Crippen LogP contribution in [0.25, 0.3) is 20.8 Å². The Balaban J connectivity index is 1.70. The highest BCUT2D eigenvalue weighted by Gasteiger charge is 2.15. The van der Waals surface area contributed by atoms with Crippen molar-refractivity contribution < 1.29 is 13.9 Å². The summed E-state index contributed by atoms with van der Waals surface area (Å²) < 4.78 is 20.3. The second-order valence-corrected chi connectivity index (χ2v) is 6.87. The van der Waals surface area contributed by atoms with Gasteiger partial charge in [-0.15, -0.1) is 11.3 Å². The van der Waals surface area contributed by atoms with E-state index in [2.05, 4.69) is 10.3 Å². The Kier molecular flexibility index (Phi) is 4.56. The van der Waals surface area contributed by atoms with Gasteiger partial charge in [0, 0.05) is 5.56 Å². The van der Waals surface area contributed by atoms with Gasteiger partial charge in [-0.1, -0.05) is 24.3 Å².